The Morgan fingerprint density at radius 3 is 2.80 bits per heavy atom. The molecule has 0 spiro atoms. The lowest BCUT2D eigenvalue weighted by atomic mass is 9.92. The highest BCUT2D eigenvalue weighted by atomic mass is 16.6. The van der Waals surface area contributed by atoms with Gasteiger partial charge in [0.25, 0.3) is 0 Å². The van der Waals surface area contributed by atoms with Crippen molar-refractivity contribution in [2.75, 3.05) is 24.6 Å². The standard InChI is InChI=1S/C17H31N5O3/c1-12(18-16(24)25-17(2,3)4)13-7-6-9-22(11-13)15-20-19-14(8-10-23)21(15)5/h12-13,23H,6-11H2,1-5H3,(H,18,24). The van der Waals surface area contributed by atoms with Crippen LogP contribution in [-0.4, -0.2) is 57.3 Å². The summed E-state index contributed by atoms with van der Waals surface area (Å²) in [6.45, 7) is 9.38. The number of aliphatic hydroxyl groups is 1. The van der Waals surface area contributed by atoms with E-state index in [1.807, 2.05) is 39.3 Å². The first kappa shape index (κ1) is 19.5. The predicted molar refractivity (Wildman–Crippen MR) is 95.6 cm³/mol. The molecule has 1 amide bonds. The Labute approximate surface area is 149 Å². The van der Waals surface area contributed by atoms with Crippen LogP contribution in [0.2, 0.25) is 0 Å². The minimum Gasteiger partial charge on any atom is -0.444 e. The zero-order valence-corrected chi connectivity index (χ0v) is 15.9. The molecule has 2 heterocycles. The number of ether oxygens (including phenoxy) is 1. The van der Waals surface area contributed by atoms with Crippen LogP contribution in [-0.2, 0) is 18.2 Å². The van der Waals surface area contributed by atoms with Crippen LogP contribution in [0.1, 0.15) is 46.4 Å². The van der Waals surface area contributed by atoms with Gasteiger partial charge in [-0.25, -0.2) is 4.79 Å². The van der Waals surface area contributed by atoms with Gasteiger partial charge in [0.2, 0.25) is 5.95 Å². The van der Waals surface area contributed by atoms with E-state index in [4.69, 9.17) is 9.84 Å². The number of piperidine rings is 1. The summed E-state index contributed by atoms with van der Waals surface area (Å²) in [4.78, 5) is 14.2. The van der Waals surface area contributed by atoms with E-state index in [0.717, 1.165) is 37.7 Å². The van der Waals surface area contributed by atoms with Crippen molar-refractivity contribution in [3.05, 3.63) is 5.82 Å². The average molecular weight is 353 g/mol. The molecular weight excluding hydrogens is 322 g/mol. The molecule has 0 saturated carbocycles. The highest BCUT2D eigenvalue weighted by Crippen LogP contribution is 2.24. The Morgan fingerprint density at radius 1 is 1.44 bits per heavy atom. The number of hydrogen-bond donors (Lipinski definition) is 2. The SMILES string of the molecule is CC(NC(=O)OC(C)(C)C)C1CCCN(c2nnc(CCO)n2C)C1. The van der Waals surface area contributed by atoms with E-state index in [1.165, 1.54) is 0 Å². The number of nitrogens with one attached hydrogen (secondary N) is 1. The molecule has 2 N–H and O–H groups in total. The molecule has 1 aliphatic heterocycles. The van der Waals surface area contributed by atoms with E-state index >= 15 is 0 Å². The largest absolute Gasteiger partial charge is 0.444 e. The summed E-state index contributed by atoms with van der Waals surface area (Å²) in [5, 5.41) is 20.5. The van der Waals surface area contributed by atoms with E-state index in [-0.39, 0.29) is 18.7 Å². The van der Waals surface area contributed by atoms with Gasteiger partial charge in [0.15, 0.2) is 0 Å². The molecule has 1 aromatic rings. The molecule has 2 unspecified atom stereocenters. The van der Waals surface area contributed by atoms with Crippen molar-refractivity contribution < 1.29 is 14.6 Å². The lowest BCUT2D eigenvalue weighted by molar-refractivity contribution is 0.0489. The molecule has 1 aromatic heterocycles. The first-order chi connectivity index (χ1) is 11.7. The number of carbonyl (C=O) groups excluding carboxylic acids is 1. The fraction of sp³-hybridized carbons (Fsp3) is 0.824. The lowest BCUT2D eigenvalue weighted by Crippen LogP contribution is -2.48. The second-order valence-corrected chi connectivity index (χ2v) is 7.73. The summed E-state index contributed by atoms with van der Waals surface area (Å²) in [7, 11) is 1.92. The number of anilines is 1. The maximum absolute atomic E-state index is 12.0. The van der Waals surface area contributed by atoms with Gasteiger partial charge in [-0.3, -0.25) is 0 Å². The van der Waals surface area contributed by atoms with Crippen molar-refractivity contribution >= 4 is 12.0 Å². The van der Waals surface area contributed by atoms with E-state index < -0.39 is 5.60 Å². The highest BCUT2D eigenvalue weighted by Gasteiger charge is 2.29. The van der Waals surface area contributed by atoms with Crippen molar-refractivity contribution in [1.82, 2.24) is 20.1 Å². The average Bonchev–Trinajstić information content (AvgIpc) is 2.87. The first-order valence-electron chi connectivity index (χ1n) is 8.95. The third kappa shape index (κ3) is 5.32. The Hall–Kier alpha value is -1.83. The zero-order chi connectivity index (χ0) is 18.6. The zero-order valence-electron chi connectivity index (χ0n) is 15.9. The minimum absolute atomic E-state index is 0.0165. The summed E-state index contributed by atoms with van der Waals surface area (Å²) in [6.07, 6.45) is 2.21. The van der Waals surface area contributed by atoms with Crippen LogP contribution in [0.5, 0.6) is 0 Å². The number of rotatable bonds is 5. The number of aliphatic hydroxyl groups excluding tert-OH is 1. The third-order valence-electron chi connectivity index (χ3n) is 4.47. The molecule has 2 rings (SSSR count). The summed E-state index contributed by atoms with van der Waals surface area (Å²) < 4.78 is 7.28. The van der Waals surface area contributed by atoms with Crippen LogP contribution in [0.4, 0.5) is 10.7 Å². The van der Waals surface area contributed by atoms with Gasteiger partial charge in [-0.2, -0.15) is 0 Å². The van der Waals surface area contributed by atoms with Gasteiger partial charge >= 0.3 is 6.09 Å². The van der Waals surface area contributed by atoms with Gasteiger partial charge < -0.3 is 24.6 Å². The lowest BCUT2D eigenvalue weighted by Gasteiger charge is -2.36. The number of hydrogen-bond acceptors (Lipinski definition) is 6. The molecule has 142 valence electrons. The quantitative estimate of drug-likeness (QED) is 0.833. The van der Waals surface area contributed by atoms with Crippen LogP contribution in [0.25, 0.3) is 0 Å². The van der Waals surface area contributed by atoms with E-state index in [1.54, 1.807) is 0 Å². The fourth-order valence-corrected chi connectivity index (χ4v) is 3.16. The van der Waals surface area contributed by atoms with Gasteiger partial charge in [-0.15, -0.1) is 10.2 Å². The molecule has 8 heteroatoms. The van der Waals surface area contributed by atoms with Gasteiger partial charge in [0, 0.05) is 32.6 Å². The second-order valence-electron chi connectivity index (χ2n) is 7.73. The van der Waals surface area contributed by atoms with E-state index in [2.05, 4.69) is 20.4 Å². The molecule has 1 fully saturated rings. The van der Waals surface area contributed by atoms with Crippen LogP contribution < -0.4 is 10.2 Å². The Morgan fingerprint density at radius 2 is 2.16 bits per heavy atom. The maximum Gasteiger partial charge on any atom is 0.407 e. The molecule has 25 heavy (non-hydrogen) atoms. The topological polar surface area (TPSA) is 92.5 Å². The fourth-order valence-electron chi connectivity index (χ4n) is 3.16. The van der Waals surface area contributed by atoms with Crippen LogP contribution in [0, 0.1) is 5.92 Å². The van der Waals surface area contributed by atoms with Gasteiger partial charge in [-0.05, 0) is 46.5 Å². The van der Waals surface area contributed by atoms with E-state index in [9.17, 15) is 4.79 Å². The van der Waals surface area contributed by atoms with Gasteiger partial charge in [-0.1, -0.05) is 0 Å². The highest BCUT2D eigenvalue weighted by molar-refractivity contribution is 5.68. The number of alkyl carbamates (subject to hydrolysis) is 1. The van der Waals surface area contributed by atoms with Crippen molar-refractivity contribution in [3.63, 3.8) is 0 Å². The van der Waals surface area contributed by atoms with Gasteiger partial charge in [0.1, 0.15) is 11.4 Å². The molecule has 0 bridgehead atoms. The minimum atomic E-state index is -0.496. The summed E-state index contributed by atoms with van der Waals surface area (Å²) >= 11 is 0. The number of amides is 1. The van der Waals surface area contributed by atoms with Crippen LogP contribution >= 0.6 is 0 Å². The van der Waals surface area contributed by atoms with Crippen LogP contribution in [0.3, 0.4) is 0 Å². The summed E-state index contributed by atoms with van der Waals surface area (Å²) in [5.41, 5.74) is -0.496. The smallest absolute Gasteiger partial charge is 0.407 e. The number of carbonyl (C=O) groups is 1. The van der Waals surface area contributed by atoms with Crippen molar-refractivity contribution in [1.29, 1.82) is 0 Å². The maximum atomic E-state index is 12.0. The molecule has 2 atom stereocenters. The third-order valence-corrected chi connectivity index (χ3v) is 4.47. The Kier molecular flexibility index (Phi) is 6.26. The molecule has 0 aliphatic carbocycles. The molecule has 1 aliphatic rings. The van der Waals surface area contributed by atoms with Crippen LogP contribution in [0.15, 0.2) is 0 Å². The second kappa shape index (κ2) is 8.03. The van der Waals surface area contributed by atoms with Crippen molar-refractivity contribution in [2.24, 2.45) is 13.0 Å². The molecule has 0 radical (unpaired) electrons. The number of nitrogens with zero attached hydrogens (tertiary/aromatic N) is 4. The summed E-state index contributed by atoms with van der Waals surface area (Å²) in [5.74, 6) is 1.91. The van der Waals surface area contributed by atoms with Crippen molar-refractivity contribution in [2.45, 2.75) is 58.6 Å². The predicted octanol–water partition coefficient (Wildman–Crippen LogP) is 1.48. The monoisotopic (exact) mass is 353 g/mol. The molecule has 0 aromatic carbocycles. The normalized spacial score (nSPS) is 19.6. The molecular formula is C17H31N5O3. The first-order valence-corrected chi connectivity index (χ1v) is 8.95. The summed E-state index contributed by atoms with van der Waals surface area (Å²) in [6, 6.07) is 0.0165. The van der Waals surface area contributed by atoms with Crippen molar-refractivity contribution in [3.8, 4) is 0 Å². The Balaban J connectivity index is 1.97. The Bertz CT molecular complexity index is 581. The molecule has 1 saturated heterocycles. The molecule has 8 nitrogen and oxygen atoms in total. The van der Waals surface area contributed by atoms with Gasteiger partial charge in [0.05, 0.1) is 6.61 Å². The van der Waals surface area contributed by atoms with E-state index in [0.29, 0.717) is 12.3 Å². The number of aromatic nitrogens is 3.